The predicted molar refractivity (Wildman–Crippen MR) is 178 cm³/mol. The lowest BCUT2D eigenvalue weighted by Gasteiger charge is -2.36. The molecule has 10 nitrogen and oxygen atoms in total. The standard InChI is InChI=1S/C37H51FN4O6/c1-20(2)19-46-35(44)31-21(3)30-18-42(31)34(43)32(37(4,5)6)41-36(45)48-29-16-22-12-14-24(22)25(29)10-8-7-9-11-27-33(47-30)40-28-17-23(38)13-15-26(28)39-27/h13,15,17,20-22,24-25,29-32H,7-12,14,16,18-19H2,1-6H3,(H,41,45)/t21-,22+,24+,25-,29-,30+,31+,32-/m1/s1. The lowest BCUT2D eigenvalue weighted by Crippen LogP contribution is -2.57. The number of nitrogens with zero attached hydrogens (tertiary/aromatic N) is 3. The van der Waals surface area contributed by atoms with Gasteiger partial charge in [-0.2, -0.15) is 0 Å². The number of alkyl carbamates (subject to hydrolysis) is 1. The molecule has 11 heteroatoms. The lowest BCUT2D eigenvalue weighted by molar-refractivity contribution is -0.156. The van der Waals surface area contributed by atoms with Crippen LogP contribution in [-0.4, -0.2) is 70.3 Å². The number of aromatic nitrogens is 2. The first-order valence-corrected chi connectivity index (χ1v) is 17.9. The number of hydrogen-bond acceptors (Lipinski definition) is 8. The van der Waals surface area contributed by atoms with Crippen LogP contribution in [0.5, 0.6) is 5.88 Å². The van der Waals surface area contributed by atoms with Gasteiger partial charge in [0.15, 0.2) is 0 Å². The van der Waals surface area contributed by atoms with Gasteiger partial charge in [-0.25, -0.2) is 23.9 Å². The van der Waals surface area contributed by atoms with Gasteiger partial charge in [0.1, 0.15) is 35.8 Å². The first-order valence-electron chi connectivity index (χ1n) is 17.9. The normalized spacial score (nSPS) is 31.4. The van der Waals surface area contributed by atoms with E-state index >= 15 is 0 Å². The number of amides is 2. The highest BCUT2D eigenvalue weighted by Crippen LogP contribution is 2.53. The maximum atomic E-state index is 14.5. The van der Waals surface area contributed by atoms with E-state index in [0.717, 1.165) is 38.5 Å². The molecule has 2 aliphatic heterocycles. The number of nitrogens with one attached hydrogen (secondary N) is 1. The van der Waals surface area contributed by atoms with Crippen LogP contribution in [0.2, 0.25) is 0 Å². The molecule has 1 aromatic carbocycles. The van der Waals surface area contributed by atoms with Crippen molar-refractivity contribution in [1.29, 1.82) is 0 Å². The highest BCUT2D eigenvalue weighted by atomic mass is 19.1. The molecule has 0 radical (unpaired) electrons. The first kappa shape index (κ1) is 34.4. The average molecular weight is 667 g/mol. The second-order valence-electron chi connectivity index (χ2n) is 16.0. The summed E-state index contributed by atoms with van der Waals surface area (Å²) >= 11 is 0. The molecular weight excluding hydrogens is 615 g/mol. The second-order valence-corrected chi connectivity index (χ2v) is 16.0. The van der Waals surface area contributed by atoms with E-state index in [0.29, 0.717) is 40.9 Å². The Morgan fingerprint density at radius 1 is 1.04 bits per heavy atom. The van der Waals surface area contributed by atoms with Crippen molar-refractivity contribution in [2.45, 2.75) is 117 Å². The number of ether oxygens (including phenoxy) is 3. The van der Waals surface area contributed by atoms with E-state index in [-0.39, 0.29) is 31.1 Å². The van der Waals surface area contributed by atoms with Crippen LogP contribution in [0, 0.1) is 40.8 Å². The van der Waals surface area contributed by atoms with Crippen molar-refractivity contribution in [3.63, 3.8) is 0 Å². The predicted octanol–water partition coefficient (Wildman–Crippen LogP) is 6.23. The van der Waals surface area contributed by atoms with Crippen molar-refractivity contribution in [2.24, 2.45) is 35.0 Å². The minimum absolute atomic E-state index is 0.0706. The molecule has 2 aromatic rings. The summed E-state index contributed by atoms with van der Waals surface area (Å²) < 4.78 is 32.6. The van der Waals surface area contributed by atoms with Crippen molar-refractivity contribution < 1.29 is 33.0 Å². The maximum Gasteiger partial charge on any atom is 0.408 e. The minimum atomic E-state index is -0.967. The van der Waals surface area contributed by atoms with E-state index < -0.39 is 53.3 Å². The zero-order valence-electron chi connectivity index (χ0n) is 29.2. The van der Waals surface area contributed by atoms with Gasteiger partial charge in [-0.05, 0) is 79.7 Å². The molecule has 0 unspecified atom stereocenters. The fourth-order valence-corrected chi connectivity index (χ4v) is 8.15. The molecule has 3 fully saturated rings. The summed E-state index contributed by atoms with van der Waals surface area (Å²) in [4.78, 5) is 52.8. The zero-order valence-corrected chi connectivity index (χ0v) is 29.2. The minimum Gasteiger partial charge on any atom is -0.471 e. The van der Waals surface area contributed by atoms with Gasteiger partial charge in [0.05, 0.1) is 24.2 Å². The van der Waals surface area contributed by atoms with E-state index in [4.69, 9.17) is 24.2 Å². The Kier molecular flexibility index (Phi) is 9.87. The Balaban J connectivity index is 1.37. The number of esters is 1. The topological polar surface area (TPSA) is 120 Å². The van der Waals surface area contributed by atoms with Crippen molar-refractivity contribution in [2.75, 3.05) is 13.2 Å². The molecule has 48 heavy (non-hydrogen) atoms. The largest absolute Gasteiger partial charge is 0.471 e. The van der Waals surface area contributed by atoms with E-state index in [2.05, 4.69) is 5.32 Å². The summed E-state index contributed by atoms with van der Waals surface area (Å²) in [6.45, 7) is 11.7. The van der Waals surface area contributed by atoms with Gasteiger partial charge in [-0.1, -0.05) is 54.4 Å². The number of fused-ring (bicyclic) bond motifs is 7. The van der Waals surface area contributed by atoms with Crippen LogP contribution in [-0.2, 0) is 25.5 Å². The van der Waals surface area contributed by atoms with Crippen LogP contribution in [0.25, 0.3) is 11.0 Å². The third-order valence-corrected chi connectivity index (χ3v) is 10.9. The van der Waals surface area contributed by atoms with Gasteiger partial charge >= 0.3 is 12.1 Å². The van der Waals surface area contributed by atoms with Crippen LogP contribution in [0.1, 0.15) is 92.2 Å². The first-order chi connectivity index (χ1) is 22.8. The number of aryl methyl sites for hydroxylation is 1. The molecule has 1 saturated heterocycles. The van der Waals surface area contributed by atoms with Crippen molar-refractivity contribution in [1.82, 2.24) is 20.2 Å². The third kappa shape index (κ3) is 7.10. The molecule has 6 rings (SSSR count). The number of benzene rings is 1. The molecular formula is C37H51FN4O6. The highest BCUT2D eigenvalue weighted by molar-refractivity contribution is 5.91. The Bertz CT molecular complexity index is 1530. The molecule has 2 aliphatic carbocycles. The Labute approximate surface area is 282 Å². The number of carbonyl (C=O) groups excluding carboxylic acids is 3. The maximum absolute atomic E-state index is 14.5. The quantitative estimate of drug-likeness (QED) is 0.383. The SMILES string of the molecule is CC(C)COC(=O)[C@@H]1[C@H](C)[C@@H]2CN1C(=O)[C@H](C(C)(C)C)NC(=O)O[C@@H]1C[C@@H]3CC[C@@H]3[C@H]1CCCCCc1nc3ccc(F)cc3nc1O2. The number of rotatable bonds is 3. The second kappa shape index (κ2) is 13.8. The van der Waals surface area contributed by atoms with E-state index in [1.165, 1.54) is 23.5 Å². The summed E-state index contributed by atoms with van der Waals surface area (Å²) in [6, 6.07) is 2.42. The Hall–Kier alpha value is -3.50. The van der Waals surface area contributed by atoms with Crippen molar-refractivity contribution in [3.8, 4) is 5.88 Å². The summed E-state index contributed by atoms with van der Waals surface area (Å²) in [5.41, 5.74) is 0.936. The van der Waals surface area contributed by atoms with E-state index in [1.54, 1.807) is 6.07 Å². The molecule has 2 amide bonds. The average Bonchev–Trinajstić information content (AvgIpc) is 3.44. The van der Waals surface area contributed by atoms with Crippen LogP contribution in [0.3, 0.4) is 0 Å². The molecule has 2 saturated carbocycles. The summed E-state index contributed by atoms with van der Waals surface area (Å²) in [7, 11) is 0. The van der Waals surface area contributed by atoms with E-state index in [1.807, 2.05) is 41.5 Å². The molecule has 262 valence electrons. The van der Waals surface area contributed by atoms with Crippen LogP contribution < -0.4 is 10.1 Å². The van der Waals surface area contributed by atoms with Crippen LogP contribution in [0.4, 0.5) is 9.18 Å². The number of hydrogen-bond donors (Lipinski definition) is 1. The van der Waals surface area contributed by atoms with Crippen molar-refractivity contribution in [3.05, 3.63) is 29.7 Å². The van der Waals surface area contributed by atoms with Crippen LogP contribution in [0.15, 0.2) is 18.2 Å². The molecule has 3 heterocycles. The molecule has 2 bridgehead atoms. The Morgan fingerprint density at radius 3 is 2.54 bits per heavy atom. The molecule has 1 aromatic heterocycles. The fraction of sp³-hybridized carbons (Fsp3) is 0.703. The van der Waals surface area contributed by atoms with Crippen LogP contribution >= 0.6 is 0 Å². The summed E-state index contributed by atoms with van der Waals surface area (Å²) in [5.74, 6) is 0.0241. The fourth-order valence-electron chi connectivity index (χ4n) is 8.15. The van der Waals surface area contributed by atoms with Crippen molar-refractivity contribution >= 4 is 29.0 Å². The molecule has 1 N–H and O–H groups in total. The Morgan fingerprint density at radius 2 is 1.83 bits per heavy atom. The summed E-state index contributed by atoms with van der Waals surface area (Å²) in [6.07, 6.45) is 6.19. The van der Waals surface area contributed by atoms with Gasteiger partial charge in [-0.15, -0.1) is 0 Å². The zero-order chi connectivity index (χ0) is 34.3. The van der Waals surface area contributed by atoms with Gasteiger partial charge in [0.25, 0.3) is 0 Å². The van der Waals surface area contributed by atoms with Gasteiger partial charge < -0.3 is 24.4 Å². The lowest BCUT2D eigenvalue weighted by atomic mass is 9.71. The molecule has 0 spiro atoms. The van der Waals surface area contributed by atoms with Gasteiger partial charge in [0, 0.05) is 12.0 Å². The number of carbonyl (C=O) groups is 3. The van der Waals surface area contributed by atoms with Gasteiger partial charge in [0.2, 0.25) is 11.8 Å². The van der Waals surface area contributed by atoms with E-state index in [9.17, 15) is 18.8 Å². The molecule has 4 aliphatic rings. The summed E-state index contributed by atoms with van der Waals surface area (Å²) in [5, 5.41) is 2.92. The third-order valence-electron chi connectivity index (χ3n) is 10.9. The smallest absolute Gasteiger partial charge is 0.408 e. The highest BCUT2D eigenvalue weighted by Gasteiger charge is 2.52. The monoisotopic (exact) mass is 666 g/mol. The molecule has 8 atom stereocenters. The van der Waals surface area contributed by atoms with Gasteiger partial charge in [-0.3, -0.25) is 4.79 Å². The number of halogens is 1.